The van der Waals surface area contributed by atoms with Crippen LogP contribution in [0.3, 0.4) is 0 Å². The van der Waals surface area contributed by atoms with Crippen LogP contribution in [0.4, 0.5) is 5.69 Å². The molecule has 1 aliphatic rings. The molecule has 0 aromatic heterocycles. The topological polar surface area (TPSA) is 69.6 Å². The second-order valence-corrected chi connectivity index (χ2v) is 6.17. The SMILES string of the molecule is O=C(O)CCN1CCC(C(=O)Nc2ccc(Br)cc2)CC1. The number of amides is 1. The van der Waals surface area contributed by atoms with E-state index in [-0.39, 0.29) is 18.2 Å². The molecule has 0 radical (unpaired) electrons. The lowest BCUT2D eigenvalue weighted by molar-refractivity contribution is -0.137. The molecule has 1 heterocycles. The van der Waals surface area contributed by atoms with E-state index in [0.717, 1.165) is 36.1 Å². The Balaban J connectivity index is 1.77. The van der Waals surface area contributed by atoms with Gasteiger partial charge in [0.1, 0.15) is 0 Å². The van der Waals surface area contributed by atoms with Crippen molar-refractivity contribution < 1.29 is 14.7 Å². The van der Waals surface area contributed by atoms with Gasteiger partial charge in [0.25, 0.3) is 0 Å². The number of hydrogen-bond acceptors (Lipinski definition) is 3. The fourth-order valence-corrected chi connectivity index (χ4v) is 2.71. The summed E-state index contributed by atoms with van der Waals surface area (Å²) in [5, 5.41) is 11.6. The largest absolute Gasteiger partial charge is 0.481 e. The van der Waals surface area contributed by atoms with Crippen LogP contribution in [0, 0.1) is 5.92 Å². The van der Waals surface area contributed by atoms with E-state index in [1.54, 1.807) is 0 Å². The summed E-state index contributed by atoms with van der Waals surface area (Å²) in [4.78, 5) is 24.8. The van der Waals surface area contributed by atoms with E-state index in [4.69, 9.17) is 5.11 Å². The molecule has 0 atom stereocenters. The summed E-state index contributed by atoms with van der Waals surface area (Å²) in [6, 6.07) is 7.52. The van der Waals surface area contributed by atoms with Gasteiger partial charge >= 0.3 is 5.97 Å². The average molecular weight is 355 g/mol. The molecule has 0 bridgehead atoms. The van der Waals surface area contributed by atoms with Crippen LogP contribution in [0.5, 0.6) is 0 Å². The standard InChI is InChI=1S/C15H19BrN2O3/c16-12-1-3-13(4-2-12)17-15(21)11-5-8-18(9-6-11)10-7-14(19)20/h1-4,11H,5-10H2,(H,17,21)(H,19,20). The summed E-state index contributed by atoms with van der Waals surface area (Å²) in [5.74, 6) is -0.713. The smallest absolute Gasteiger partial charge is 0.304 e. The summed E-state index contributed by atoms with van der Waals surface area (Å²) in [7, 11) is 0. The van der Waals surface area contributed by atoms with Gasteiger partial charge in [-0.3, -0.25) is 9.59 Å². The molecule has 1 aromatic rings. The van der Waals surface area contributed by atoms with Crippen molar-refractivity contribution in [3.05, 3.63) is 28.7 Å². The zero-order valence-corrected chi connectivity index (χ0v) is 13.3. The number of nitrogens with one attached hydrogen (secondary N) is 1. The maximum Gasteiger partial charge on any atom is 0.304 e. The van der Waals surface area contributed by atoms with Crippen molar-refractivity contribution in [1.82, 2.24) is 4.90 Å². The Labute approximate surface area is 132 Å². The van der Waals surface area contributed by atoms with Crippen LogP contribution >= 0.6 is 15.9 Å². The molecule has 2 N–H and O–H groups in total. The number of likely N-dealkylation sites (tertiary alicyclic amines) is 1. The van der Waals surface area contributed by atoms with Gasteiger partial charge < -0.3 is 15.3 Å². The van der Waals surface area contributed by atoms with E-state index < -0.39 is 5.97 Å². The lowest BCUT2D eigenvalue weighted by Crippen LogP contribution is -2.39. The van der Waals surface area contributed by atoms with E-state index in [1.165, 1.54) is 0 Å². The molecule has 114 valence electrons. The van der Waals surface area contributed by atoms with Crippen molar-refractivity contribution >= 4 is 33.5 Å². The Hall–Kier alpha value is -1.40. The first-order valence-corrected chi connectivity index (χ1v) is 7.84. The van der Waals surface area contributed by atoms with Gasteiger partial charge in [-0.15, -0.1) is 0 Å². The average Bonchev–Trinajstić information content (AvgIpc) is 2.48. The van der Waals surface area contributed by atoms with E-state index >= 15 is 0 Å². The molecule has 1 aliphatic heterocycles. The predicted octanol–water partition coefficient (Wildman–Crippen LogP) is 2.57. The number of nitrogens with zero attached hydrogens (tertiary/aromatic N) is 1. The quantitative estimate of drug-likeness (QED) is 0.852. The Bertz CT molecular complexity index is 496. The van der Waals surface area contributed by atoms with Crippen molar-refractivity contribution in [3.63, 3.8) is 0 Å². The van der Waals surface area contributed by atoms with Gasteiger partial charge in [0, 0.05) is 22.6 Å². The summed E-state index contributed by atoms with van der Waals surface area (Å²) in [6.45, 7) is 2.13. The van der Waals surface area contributed by atoms with Crippen LogP contribution in [-0.2, 0) is 9.59 Å². The predicted molar refractivity (Wildman–Crippen MR) is 84.2 cm³/mol. The molecule has 1 aromatic carbocycles. The summed E-state index contributed by atoms with van der Waals surface area (Å²) >= 11 is 3.36. The van der Waals surface area contributed by atoms with Crippen LogP contribution in [0.2, 0.25) is 0 Å². The minimum Gasteiger partial charge on any atom is -0.481 e. The zero-order valence-electron chi connectivity index (χ0n) is 11.7. The number of carboxylic acids is 1. The third-order valence-corrected chi connectivity index (χ3v) is 4.24. The fourth-order valence-electron chi connectivity index (χ4n) is 2.45. The van der Waals surface area contributed by atoms with Gasteiger partial charge in [0.15, 0.2) is 0 Å². The van der Waals surface area contributed by atoms with Crippen molar-refractivity contribution in [1.29, 1.82) is 0 Å². The highest BCUT2D eigenvalue weighted by molar-refractivity contribution is 9.10. The molecular formula is C15H19BrN2O3. The van der Waals surface area contributed by atoms with Crippen molar-refractivity contribution in [3.8, 4) is 0 Å². The van der Waals surface area contributed by atoms with Gasteiger partial charge in [-0.05, 0) is 50.2 Å². The van der Waals surface area contributed by atoms with E-state index in [9.17, 15) is 9.59 Å². The second kappa shape index (κ2) is 7.56. The molecule has 1 fully saturated rings. The number of anilines is 1. The zero-order chi connectivity index (χ0) is 15.2. The van der Waals surface area contributed by atoms with E-state index in [2.05, 4.69) is 26.1 Å². The molecule has 5 nitrogen and oxygen atoms in total. The van der Waals surface area contributed by atoms with Crippen molar-refractivity contribution in [2.75, 3.05) is 25.0 Å². The van der Waals surface area contributed by atoms with Gasteiger partial charge in [0.2, 0.25) is 5.91 Å². The second-order valence-electron chi connectivity index (χ2n) is 5.26. The number of carbonyl (C=O) groups excluding carboxylic acids is 1. The molecule has 2 rings (SSSR count). The highest BCUT2D eigenvalue weighted by Crippen LogP contribution is 2.20. The molecule has 0 aliphatic carbocycles. The number of carbonyl (C=O) groups is 2. The van der Waals surface area contributed by atoms with Crippen molar-refractivity contribution in [2.24, 2.45) is 5.92 Å². The normalized spacial score (nSPS) is 16.6. The lowest BCUT2D eigenvalue weighted by Gasteiger charge is -2.30. The third-order valence-electron chi connectivity index (χ3n) is 3.71. The number of rotatable bonds is 5. The summed E-state index contributed by atoms with van der Waals surface area (Å²) < 4.78 is 0.979. The Morgan fingerprint density at radius 1 is 1.24 bits per heavy atom. The highest BCUT2D eigenvalue weighted by atomic mass is 79.9. The number of piperidine rings is 1. The molecule has 1 amide bonds. The van der Waals surface area contributed by atoms with Crippen LogP contribution in [-0.4, -0.2) is 41.5 Å². The summed E-state index contributed by atoms with van der Waals surface area (Å²) in [6.07, 6.45) is 1.72. The Kier molecular flexibility index (Phi) is 5.76. The molecule has 21 heavy (non-hydrogen) atoms. The van der Waals surface area contributed by atoms with Crippen LogP contribution < -0.4 is 5.32 Å². The third kappa shape index (κ3) is 5.13. The molecule has 1 saturated heterocycles. The first-order chi connectivity index (χ1) is 10.0. The first-order valence-electron chi connectivity index (χ1n) is 7.05. The van der Waals surface area contributed by atoms with Gasteiger partial charge in [0.05, 0.1) is 6.42 Å². The Morgan fingerprint density at radius 3 is 2.43 bits per heavy atom. The lowest BCUT2D eigenvalue weighted by atomic mass is 9.95. The van der Waals surface area contributed by atoms with E-state index in [0.29, 0.717) is 6.54 Å². The Morgan fingerprint density at radius 2 is 1.86 bits per heavy atom. The minimum atomic E-state index is -0.773. The molecule has 0 saturated carbocycles. The number of aliphatic carboxylic acids is 1. The molecular weight excluding hydrogens is 336 g/mol. The van der Waals surface area contributed by atoms with Crippen molar-refractivity contribution in [2.45, 2.75) is 19.3 Å². The van der Waals surface area contributed by atoms with Gasteiger partial charge in [-0.25, -0.2) is 0 Å². The van der Waals surface area contributed by atoms with E-state index in [1.807, 2.05) is 24.3 Å². The first kappa shape index (κ1) is 16.0. The van der Waals surface area contributed by atoms with Crippen LogP contribution in [0.15, 0.2) is 28.7 Å². The molecule has 6 heteroatoms. The summed E-state index contributed by atoms with van der Waals surface area (Å²) in [5.41, 5.74) is 0.802. The van der Waals surface area contributed by atoms with Gasteiger partial charge in [-0.1, -0.05) is 15.9 Å². The number of benzene rings is 1. The maximum absolute atomic E-state index is 12.2. The molecule has 0 unspecified atom stereocenters. The number of hydrogen-bond donors (Lipinski definition) is 2. The minimum absolute atomic E-state index is 0.00900. The number of carboxylic acid groups (broad SMARTS) is 1. The van der Waals surface area contributed by atoms with Gasteiger partial charge in [-0.2, -0.15) is 0 Å². The highest BCUT2D eigenvalue weighted by Gasteiger charge is 2.25. The monoisotopic (exact) mass is 354 g/mol. The molecule has 0 spiro atoms. The van der Waals surface area contributed by atoms with Crippen LogP contribution in [0.1, 0.15) is 19.3 Å². The fraction of sp³-hybridized carbons (Fsp3) is 0.467. The maximum atomic E-state index is 12.2. The van der Waals surface area contributed by atoms with Crippen LogP contribution in [0.25, 0.3) is 0 Å². The number of halogens is 1.